The molecule has 38 heavy (non-hydrogen) atoms. The number of benzene rings is 2. The molecular weight excluding hydrogens is 543 g/mol. The number of anilines is 1. The number of aliphatic hydroxyl groups is 1. The molecule has 204 valence electrons. The first-order valence-electron chi connectivity index (χ1n) is 12.2. The third-order valence-electron chi connectivity index (χ3n) is 7.68. The number of halogens is 4. The van der Waals surface area contributed by atoms with Crippen LogP contribution in [0.3, 0.4) is 0 Å². The molecule has 2 aliphatic carbocycles. The van der Waals surface area contributed by atoms with Gasteiger partial charge in [0.2, 0.25) is 0 Å². The van der Waals surface area contributed by atoms with Gasteiger partial charge in [-0.25, -0.2) is 21.6 Å². The van der Waals surface area contributed by atoms with Crippen LogP contribution in [0.15, 0.2) is 47.4 Å². The fourth-order valence-corrected chi connectivity index (χ4v) is 8.14. The lowest BCUT2D eigenvalue weighted by Crippen LogP contribution is -2.48. The van der Waals surface area contributed by atoms with Crippen molar-refractivity contribution in [3.8, 4) is 0 Å². The molecule has 0 spiro atoms. The fraction of sp³-hybridized carbons (Fsp3) is 0.407. The Labute approximate surface area is 223 Å². The molecule has 0 heterocycles. The topological polar surface area (TPSA) is 101 Å². The number of fused-ring (bicyclic) bond motifs is 2. The van der Waals surface area contributed by atoms with Gasteiger partial charge in [0.15, 0.2) is 33.1 Å². The number of allylic oxidation sites excluding steroid dienone is 2. The van der Waals surface area contributed by atoms with Crippen molar-refractivity contribution < 1.29 is 36.3 Å². The van der Waals surface area contributed by atoms with Crippen LogP contribution >= 0.6 is 11.6 Å². The van der Waals surface area contributed by atoms with Gasteiger partial charge in [-0.3, -0.25) is 9.59 Å². The summed E-state index contributed by atoms with van der Waals surface area (Å²) < 4.78 is 67.5. The van der Waals surface area contributed by atoms with E-state index >= 15 is 0 Å². The highest BCUT2D eigenvalue weighted by atomic mass is 35.5. The summed E-state index contributed by atoms with van der Waals surface area (Å²) in [6.45, 7) is 1.73. The van der Waals surface area contributed by atoms with Crippen LogP contribution in [-0.2, 0) is 14.6 Å². The number of hydrogen-bond acceptors (Lipinski definition) is 5. The quantitative estimate of drug-likeness (QED) is 0.317. The predicted octanol–water partition coefficient (Wildman–Crippen LogP) is 5.63. The summed E-state index contributed by atoms with van der Waals surface area (Å²) in [6, 6.07) is 4.82. The summed E-state index contributed by atoms with van der Waals surface area (Å²) in [5.41, 5.74) is -1.59. The highest BCUT2D eigenvalue weighted by molar-refractivity contribution is 7.92. The van der Waals surface area contributed by atoms with Crippen LogP contribution in [0.25, 0.3) is 0 Å². The maximum absolute atomic E-state index is 13.6. The molecule has 2 saturated carbocycles. The van der Waals surface area contributed by atoms with Crippen LogP contribution < -0.4 is 5.32 Å². The largest absolute Gasteiger partial charge is 0.389 e. The van der Waals surface area contributed by atoms with Crippen molar-refractivity contribution in [3.05, 3.63) is 70.5 Å². The minimum atomic E-state index is -4.03. The highest BCUT2D eigenvalue weighted by Gasteiger charge is 2.55. The zero-order valence-corrected chi connectivity index (χ0v) is 22.1. The standard InChI is InChI=1S/C27H27ClF3NO5S/c1-2-3-19(33)8-9-27(35)16-5-6-17(27)12-20(11-16)38(36,37)24-10-15(4-7-21(24)28)26(34)32-18-13-22(29)25(31)23(30)14-18/h2-4,7,10,13-14,16-17,20,35H,5-6,8-9,11-12H2,1H3,(H,32,34)/b3-2+/t16-,17?,20?,27?/m0/s1. The van der Waals surface area contributed by atoms with Gasteiger partial charge in [0.05, 0.1) is 20.8 Å². The van der Waals surface area contributed by atoms with E-state index < -0.39 is 44.0 Å². The first kappa shape index (κ1) is 28.3. The molecule has 2 aromatic rings. The highest BCUT2D eigenvalue weighted by Crippen LogP contribution is 2.54. The molecule has 0 aromatic heterocycles. The summed E-state index contributed by atoms with van der Waals surface area (Å²) in [6.07, 6.45) is 5.20. The number of carbonyl (C=O) groups excluding carboxylic acids is 2. The van der Waals surface area contributed by atoms with Gasteiger partial charge in [0.25, 0.3) is 5.91 Å². The third kappa shape index (κ3) is 5.39. The van der Waals surface area contributed by atoms with E-state index in [0.717, 1.165) is 6.07 Å². The maximum atomic E-state index is 13.6. The second-order valence-corrected chi connectivity index (χ2v) is 12.5. The number of rotatable bonds is 8. The maximum Gasteiger partial charge on any atom is 0.255 e. The van der Waals surface area contributed by atoms with Crippen molar-refractivity contribution in [1.82, 2.24) is 0 Å². The lowest BCUT2D eigenvalue weighted by molar-refractivity contribution is -0.118. The Morgan fingerprint density at radius 1 is 1.11 bits per heavy atom. The lowest BCUT2D eigenvalue weighted by atomic mass is 9.71. The number of amides is 1. The number of ketones is 1. The molecule has 0 radical (unpaired) electrons. The molecule has 2 N–H and O–H groups in total. The van der Waals surface area contributed by atoms with Gasteiger partial charge < -0.3 is 10.4 Å². The van der Waals surface area contributed by atoms with Gasteiger partial charge in [-0.2, -0.15) is 0 Å². The van der Waals surface area contributed by atoms with Crippen LogP contribution in [0.1, 0.15) is 55.8 Å². The van der Waals surface area contributed by atoms with Crippen LogP contribution in [0.5, 0.6) is 0 Å². The Hall–Kier alpha value is -2.69. The van der Waals surface area contributed by atoms with Crippen molar-refractivity contribution in [3.63, 3.8) is 0 Å². The summed E-state index contributed by atoms with van der Waals surface area (Å²) in [5, 5.41) is 12.7. The van der Waals surface area contributed by atoms with E-state index in [4.69, 9.17) is 11.6 Å². The van der Waals surface area contributed by atoms with Crippen molar-refractivity contribution in [2.24, 2.45) is 11.8 Å². The molecule has 2 bridgehead atoms. The molecular formula is C27H27ClF3NO5S. The second-order valence-electron chi connectivity index (χ2n) is 9.92. The molecule has 0 saturated heterocycles. The minimum Gasteiger partial charge on any atom is -0.389 e. The summed E-state index contributed by atoms with van der Waals surface area (Å²) in [4.78, 5) is 24.4. The van der Waals surface area contributed by atoms with Gasteiger partial charge in [0.1, 0.15) is 0 Å². The summed E-state index contributed by atoms with van der Waals surface area (Å²) in [5.74, 6) is -6.22. The first-order chi connectivity index (χ1) is 17.9. The predicted molar refractivity (Wildman–Crippen MR) is 136 cm³/mol. The van der Waals surface area contributed by atoms with Crippen LogP contribution in [0.4, 0.5) is 18.9 Å². The molecule has 2 aromatic carbocycles. The van der Waals surface area contributed by atoms with E-state index in [9.17, 15) is 36.3 Å². The van der Waals surface area contributed by atoms with Crippen molar-refractivity contribution in [1.29, 1.82) is 0 Å². The number of hydrogen-bond donors (Lipinski definition) is 2. The molecule has 11 heteroatoms. The van der Waals surface area contributed by atoms with E-state index in [1.165, 1.54) is 18.2 Å². The fourth-order valence-electron chi connectivity index (χ4n) is 5.74. The zero-order chi connectivity index (χ0) is 27.8. The molecule has 6 nitrogen and oxygen atoms in total. The second kappa shape index (κ2) is 10.8. The van der Waals surface area contributed by atoms with Gasteiger partial charge in [0, 0.05) is 29.8 Å². The molecule has 3 unspecified atom stereocenters. The smallest absolute Gasteiger partial charge is 0.255 e. The Bertz CT molecular complexity index is 1370. The molecule has 2 fully saturated rings. The van der Waals surface area contributed by atoms with Crippen molar-refractivity contribution >= 4 is 38.8 Å². The molecule has 4 rings (SSSR count). The SMILES string of the molecule is C/C=C/C(=O)CCC1(O)C2CC[C@H]1CC(S(=O)(=O)c1cc(C(=O)Nc3cc(F)c(F)c(F)c3)ccc1Cl)C2. The van der Waals surface area contributed by atoms with E-state index in [1.54, 1.807) is 13.0 Å². The Morgan fingerprint density at radius 3 is 2.29 bits per heavy atom. The van der Waals surface area contributed by atoms with Gasteiger partial charge in [-0.05, 0) is 75.1 Å². The Morgan fingerprint density at radius 2 is 1.71 bits per heavy atom. The monoisotopic (exact) mass is 569 g/mol. The van der Waals surface area contributed by atoms with E-state index in [-0.39, 0.29) is 64.5 Å². The van der Waals surface area contributed by atoms with E-state index in [2.05, 4.69) is 5.32 Å². The van der Waals surface area contributed by atoms with Gasteiger partial charge in [-0.15, -0.1) is 0 Å². The Kier molecular flexibility index (Phi) is 8.07. The molecule has 0 aliphatic heterocycles. The van der Waals surface area contributed by atoms with Gasteiger partial charge in [-0.1, -0.05) is 17.7 Å². The number of carbonyl (C=O) groups is 2. The average Bonchev–Trinajstić information content (AvgIpc) is 3.02. The minimum absolute atomic E-state index is 0.0921. The summed E-state index contributed by atoms with van der Waals surface area (Å²) in [7, 11) is -4.03. The van der Waals surface area contributed by atoms with Crippen LogP contribution in [0, 0.1) is 29.3 Å². The third-order valence-corrected chi connectivity index (χ3v) is 10.3. The number of nitrogens with one attached hydrogen (secondary N) is 1. The molecule has 2 aliphatic rings. The normalized spacial score (nSPS) is 25.1. The molecule has 4 atom stereocenters. The first-order valence-corrected chi connectivity index (χ1v) is 14.2. The number of sulfone groups is 1. The average molecular weight is 570 g/mol. The molecule has 1 amide bonds. The lowest BCUT2D eigenvalue weighted by Gasteiger charge is -2.42. The van der Waals surface area contributed by atoms with Crippen molar-refractivity contribution in [2.75, 3.05) is 5.32 Å². The Balaban J connectivity index is 1.54. The van der Waals surface area contributed by atoms with Crippen molar-refractivity contribution in [2.45, 2.75) is 61.2 Å². The summed E-state index contributed by atoms with van der Waals surface area (Å²) >= 11 is 6.24. The van der Waals surface area contributed by atoms with E-state index in [1.807, 2.05) is 0 Å². The zero-order valence-electron chi connectivity index (χ0n) is 20.5. The van der Waals surface area contributed by atoms with E-state index in [0.29, 0.717) is 25.0 Å². The van der Waals surface area contributed by atoms with Crippen LogP contribution in [0.2, 0.25) is 5.02 Å². The van der Waals surface area contributed by atoms with Gasteiger partial charge >= 0.3 is 0 Å². The van der Waals surface area contributed by atoms with Crippen LogP contribution in [-0.4, -0.2) is 36.1 Å².